The Balaban J connectivity index is 2.21. The third-order valence-corrected chi connectivity index (χ3v) is 6.16. The van der Waals surface area contributed by atoms with Crippen molar-refractivity contribution in [1.82, 2.24) is 10.3 Å². The Morgan fingerprint density at radius 2 is 1.94 bits per heavy atom. The van der Waals surface area contributed by atoms with Crippen LogP contribution in [0.5, 0.6) is 0 Å². The van der Waals surface area contributed by atoms with Crippen LogP contribution in [0, 0.1) is 6.92 Å². The lowest BCUT2D eigenvalue weighted by Gasteiger charge is -2.13. The number of ether oxygens (including phenoxy) is 1. The Labute approximate surface area is 180 Å². The minimum Gasteiger partial charge on any atom is -0.466 e. The van der Waals surface area contributed by atoms with Crippen LogP contribution in [-0.4, -0.2) is 44.8 Å². The molecule has 2 amide bonds. The second-order valence-corrected chi connectivity index (χ2v) is 9.33. The van der Waals surface area contributed by atoms with Gasteiger partial charge in [-0.15, -0.1) is 0 Å². The molecule has 0 radical (unpaired) electrons. The van der Waals surface area contributed by atoms with Gasteiger partial charge in [0.05, 0.1) is 34.1 Å². The van der Waals surface area contributed by atoms with E-state index in [-0.39, 0.29) is 30.3 Å². The van der Waals surface area contributed by atoms with E-state index in [0.29, 0.717) is 16.8 Å². The van der Waals surface area contributed by atoms with Gasteiger partial charge in [-0.1, -0.05) is 17.4 Å². The number of sulfone groups is 1. The number of nitrogens with one attached hydrogen (secondary N) is 2. The van der Waals surface area contributed by atoms with Crippen LogP contribution in [0.2, 0.25) is 0 Å². The van der Waals surface area contributed by atoms with E-state index in [1.54, 1.807) is 13.8 Å². The number of benzene rings is 1. The maximum atomic E-state index is 13.4. The zero-order chi connectivity index (χ0) is 23.4. The summed E-state index contributed by atoms with van der Waals surface area (Å²) in [5, 5.41) is 5.02. The number of rotatable bonds is 7. The van der Waals surface area contributed by atoms with Crippen molar-refractivity contribution in [3.05, 3.63) is 29.5 Å². The highest BCUT2D eigenvalue weighted by Gasteiger charge is 2.36. The number of esters is 1. The van der Waals surface area contributed by atoms with Crippen molar-refractivity contribution in [2.24, 2.45) is 0 Å². The van der Waals surface area contributed by atoms with Gasteiger partial charge in [0.2, 0.25) is 0 Å². The van der Waals surface area contributed by atoms with Gasteiger partial charge in [0.15, 0.2) is 15.0 Å². The molecule has 0 unspecified atom stereocenters. The smallest absolute Gasteiger partial charge is 0.417 e. The summed E-state index contributed by atoms with van der Waals surface area (Å²) in [4.78, 5) is 26.8. The van der Waals surface area contributed by atoms with Crippen molar-refractivity contribution < 1.29 is 35.9 Å². The summed E-state index contributed by atoms with van der Waals surface area (Å²) in [5.41, 5.74) is -0.802. The normalized spacial score (nSPS) is 11.8. The topological polar surface area (TPSA) is 114 Å². The first kappa shape index (κ1) is 24.6. The fourth-order valence-electron chi connectivity index (χ4n) is 2.59. The van der Waals surface area contributed by atoms with E-state index in [0.717, 1.165) is 23.5 Å². The van der Waals surface area contributed by atoms with Crippen LogP contribution in [0.15, 0.2) is 23.1 Å². The molecule has 1 heterocycles. The van der Waals surface area contributed by atoms with Gasteiger partial charge in [-0.25, -0.2) is 18.2 Å². The minimum atomic E-state index is -4.87. The molecule has 0 saturated heterocycles. The molecule has 13 heteroatoms. The fraction of sp³-hybridized carbons (Fsp3) is 0.389. The summed E-state index contributed by atoms with van der Waals surface area (Å²) in [6, 6.07) is 2.27. The molecule has 1 aromatic carbocycles. The maximum Gasteiger partial charge on any atom is 0.417 e. The van der Waals surface area contributed by atoms with Crippen molar-refractivity contribution in [2.75, 3.05) is 24.7 Å². The van der Waals surface area contributed by atoms with E-state index in [9.17, 15) is 31.2 Å². The summed E-state index contributed by atoms with van der Waals surface area (Å²) in [5.74, 6) is -0.465. The number of alkyl halides is 3. The van der Waals surface area contributed by atoms with Gasteiger partial charge in [-0.05, 0) is 31.5 Å². The molecule has 0 aliphatic heterocycles. The molecule has 2 aromatic rings. The number of hydrogen-bond donors (Lipinski definition) is 2. The van der Waals surface area contributed by atoms with Crippen LogP contribution in [0.25, 0.3) is 10.4 Å². The molecular formula is C18H20F3N3O5S2. The molecule has 8 nitrogen and oxygen atoms in total. The molecule has 2 N–H and O–H groups in total. The molecule has 31 heavy (non-hydrogen) atoms. The predicted octanol–water partition coefficient (Wildman–Crippen LogP) is 3.62. The molecular weight excluding hydrogens is 459 g/mol. The van der Waals surface area contributed by atoms with E-state index < -0.39 is 38.5 Å². The number of nitrogens with zero attached hydrogens (tertiary/aromatic N) is 1. The van der Waals surface area contributed by atoms with E-state index in [1.165, 1.54) is 6.07 Å². The average molecular weight is 480 g/mol. The van der Waals surface area contributed by atoms with E-state index in [2.05, 4.69) is 15.6 Å². The molecule has 0 atom stereocenters. The molecule has 2 rings (SSSR count). The Hall–Kier alpha value is -2.67. The van der Waals surface area contributed by atoms with Crippen LogP contribution in [-0.2, 0) is 25.5 Å². The lowest BCUT2D eigenvalue weighted by atomic mass is 10.1. The second-order valence-electron chi connectivity index (χ2n) is 6.35. The predicted molar refractivity (Wildman–Crippen MR) is 109 cm³/mol. The summed E-state index contributed by atoms with van der Waals surface area (Å²) in [6.45, 7) is 3.47. The molecule has 1 aromatic heterocycles. The average Bonchev–Trinajstić information content (AvgIpc) is 3.00. The van der Waals surface area contributed by atoms with Crippen LogP contribution < -0.4 is 10.6 Å². The number of halogens is 3. The number of amides is 2. The second kappa shape index (κ2) is 9.64. The first-order valence-electron chi connectivity index (χ1n) is 8.92. The van der Waals surface area contributed by atoms with Crippen LogP contribution in [0.4, 0.5) is 23.1 Å². The minimum absolute atomic E-state index is 0.0175. The number of aryl methyl sites for hydroxylation is 1. The Morgan fingerprint density at radius 3 is 2.52 bits per heavy atom. The van der Waals surface area contributed by atoms with Crippen LogP contribution in [0.3, 0.4) is 0 Å². The summed E-state index contributed by atoms with van der Waals surface area (Å²) in [7, 11) is -4.09. The number of carbonyl (C=O) groups is 2. The highest BCUT2D eigenvalue weighted by atomic mass is 32.2. The number of urea groups is 1. The van der Waals surface area contributed by atoms with Crippen molar-refractivity contribution in [1.29, 1.82) is 0 Å². The highest BCUT2D eigenvalue weighted by Crippen LogP contribution is 2.39. The monoisotopic (exact) mass is 479 g/mol. The molecule has 0 saturated carbocycles. The molecule has 0 bridgehead atoms. The molecule has 0 aliphatic carbocycles. The van der Waals surface area contributed by atoms with E-state index in [4.69, 9.17) is 4.74 Å². The first-order chi connectivity index (χ1) is 14.3. The number of aromatic nitrogens is 1. The first-order valence-corrected chi connectivity index (χ1v) is 11.6. The fourth-order valence-corrected chi connectivity index (χ4v) is 4.43. The Morgan fingerprint density at radius 1 is 1.26 bits per heavy atom. The van der Waals surface area contributed by atoms with Crippen molar-refractivity contribution in [3.8, 4) is 10.4 Å². The Bertz CT molecular complexity index is 1080. The SMILES string of the molecule is CCOC(=O)CCNC(=O)Nc1nc(C)c(-c2ccc(S(C)(=O)=O)c(C(F)(F)F)c2)s1. The van der Waals surface area contributed by atoms with E-state index in [1.807, 2.05) is 0 Å². The number of anilines is 1. The summed E-state index contributed by atoms with van der Waals surface area (Å²) >= 11 is 0.930. The Kier molecular flexibility index (Phi) is 7.65. The zero-order valence-electron chi connectivity index (χ0n) is 16.8. The summed E-state index contributed by atoms with van der Waals surface area (Å²) in [6.07, 6.45) is -4.18. The van der Waals surface area contributed by atoms with Gasteiger partial charge in [0.1, 0.15) is 0 Å². The van der Waals surface area contributed by atoms with Gasteiger partial charge in [-0.3, -0.25) is 10.1 Å². The lowest BCUT2D eigenvalue weighted by molar-refractivity contribution is -0.143. The molecule has 0 aliphatic rings. The molecule has 0 fully saturated rings. The number of carbonyl (C=O) groups excluding carboxylic acids is 2. The standard InChI is InChI=1S/C18H20F3N3O5S2/c1-4-29-14(25)7-8-22-16(26)24-17-23-10(2)15(30-17)11-5-6-13(31(3,27)28)12(9-11)18(19,20)21/h5-6,9H,4,7-8H2,1-3H3,(H2,22,23,24,26). The number of hydrogen-bond acceptors (Lipinski definition) is 7. The van der Waals surface area contributed by atoms with Crippen LogP contribution >= 0.6 is 11.3 Å². The zero-order valence-corrected chi connectivity index (χ0v) is 18.4. The summed E-state index contributed by atoms with van der Waals surface area (Å²) < 4.78 is 68.4. The van der Waals surface area contributed by atoms with Gasteiger partial charge in [0.25, 0.3) is 0 Å². The van der Waals surface area contributed by atoms with Gasteiger partial charge in [-0.2, -0.15) is 13.2 Å². The highest BCUT2D eigenvalue weighted by molar-refractivity contribution is 7.90. The van der Waals surface area contributed by atoms with Crippen molar-refractivity contribution in [2.45, 2.75) is 31.3 Å². The van der Waals surface area contributed by atoms with Gasteiger partial charge < -0.3 is 10.1 Å². The molecule has 0 spiro atoms. The third kappa shape index (κ3) is 6.66. The van der Waals surface area contributed by atoms with Gasteiger partial charge >= 0.3 is 18.2 Å². The largest absolute Gasteiger partial charge is 0.466 e. The van der Waals surface area contributed by atoms with Crippen molar-refractivity contribution in [3.63, 3.8) is 0 Å². The maximum absolute atomic E-state index is 13.4. The van der Waals surface area contributed by atoms with Gasteiger partial charge in [0, 0.05) is 12.8 Å². The lowest BCUT2D eigenvalue weighted by Crippen LogP contribution is -2.30. The third-order valence-electron chi connectivity index (χ3n) is 3.88. The van der Waals surface area contributed by atoms with E-state index >= 15 is 0 Å². The van der Waals surface area contributed by atoms with Crippen LogP contribution in [0.1, 0.15) is 24.6 Å². The quantitative estimate of drug-likeness (QED) is 0.587. The van der Waals surface area contributed by atoms with Crippen molar-refractivity contribution >= 4 is 38.3 Å². The molecule has 170 valence electrons. The number of thiazole rings is 1.